The molecule has 0 aromatic carbocycles. The van der Waals surface area contributed by atoms with Gasteiger partial charge in [-0.1, -0.05) is 11.9 Å². The first kappa shape index (κ1) is 3.67. The molecule has 2 N–H and O–H groups in total. The molecule has 1 radical (unpaired) electrons. The number of hydrogen-bond donors (Lipinski definition) is 2. The van der Waals surface area contributed by atoms with Crippen LogP contribution in [0.4, 0.5) is 0 Å². The van der Waals surface area contributed by atoms with Crippen LogP contribution in [0.3, 0.4) is 0 Å². The summed E-state index contributed by atoms with van der Waals surface area (Å²) in [6.45, 7) is 0. The van der Waals surface area contributed by atoms with Crippen molar-refractivity contribution in [1.82, 2.24) is 0 Å². The Morgan fingerprint density at radius 1 is 1.83 bits per heavy atom. The Bertz CT molecular complexity index is 103. The maximum absolute atomic E-state index is 5.08. The van der Waals surface area contributed by atoms with Gasteiger partial charge >= 0.3 is 0 Å². The van der Waals surface area contributed by atoms with Crippen molar-refractivity contribution in [3.8, 4) is 0 Å². The summed E-state index contributed by atoms with van der Waals surface area (Å²) in [6.07, 6.45) is 0. The lowest BCUT2D eigenvalue weighted by molar-refractivity contribution is 1.56. The Hall–Kier alpha value is -0.510. The molecule has 0 aromatic rings. The molecule has 1 aliphatic heterocycles. The van der Waals surface area contributed by atoms with Crippen molar-refractivity contribution >= 4 is 23.5 Å². The quantitative estimate of drug-likeness (QED) is 0.406. The molecule has 1 rings (SSSR count). The van der Waals surface area contributed by atoms with Gasteiger partial charge in [0.2, 0.25) is 5.96 Å². The zero-order valence-corrected chi connectivity index (χ0v) is 3.89. The molecule has 0 aliphatic carbocycles. The number of rotatable bonds is 0. The lowest BCUT2D eigenvalue weighted by Crippen LogP contribution is -2.02. The molecular formula is C2H4N3S. The molecule has 0 fully saturated rings. The van der Waals surface area contributed by atoms with Crippen molar-refractivity contribution in [2.45, 2.75) is 0 Å². The van der Waals surface area contributed by atoms with Crippen LogP contribution in [0, 0.1) is 0 Å². The van der Waals surface area contributed by atoms with Gasteiger partial charge < -0.3 is 5.73 Å². The molecule has 0 bridgehead atoms. The van der Waals surface area contributed by atoms with Crippen molar-refractivity contribution in [1.29, 1.82) is 0 Å². The minimum absolute atomic E-state index is 0.386. The molecule has 0 unspecified atom stereocenters. The molecule has 0 atom stereocenters. The zero-order chi connectivity index (χ0) is 4.41. The predicted octanol–water partition coefficient (Wildman–Crippen LogP) is -0.276. The highest BCUT2D eigenvalue weighted by Crippen LogP contribution is 2.01. The summed E-state index contributed by atoms with van der Waals surface area (Å²) in [6, 6.07) is 0. The minimum atomic E-state index is 0.386. The number of hydrogen-bond acceptors (Lipinski definition) is 3. The molecule has 33 valence electrons. The molecule has 6 heavy (non-hydrogen) atoms. The summed E-state index contributed by atoms with van der Waals surface area (Å²) in [5, 5.41) is 0. The lowest BCUT2D eigenvalue weighted by Gasteiger charge is -1.72. The van der Waals surface area contributed by atoms with E-state index in [1.54, 1.807) is 5.55 Å². The fourth-order valence-corrected chi connectivity index (χ4v) is 0.587. The molecular weight excluding hydrogens is 98.1 g/mol. The van der Waals surface area contributed by atoms with Crippen LogP contribution in [0.25, 0.3) is 0 Å². The first-order chi connectivity index (χ1) is 2.89. The molecule has 0 spiro atoms. The van der Waals surface area contributed by atoms with E-state index in [1.807, 2.05) is 0 Å². The van der Waals surface area contributed by atoms with E-state index in [2.05, 4.69) is 9.39 Å². The fourth-order valence-electron chi connectivity index (χ4n) is 0.196. The summed E-state index contributed by atoms with van der Waals surface area (Å²) in [7, 11) is 0. The van der Waals surface area contributed by atoms with Crippen LogP contribution in [0.1, 0.15) is 0 Å². The number of nitrogens with two attached hydrogens (primary N) is 1. The summed E-state index contributed by atoms with van der Waals surface area (Å²) in [5.41, 5.74) is 6.73. The number of aliphatic imine (C=N–C) groups is 1. The number of nitrogens with zero attached hydrogens (tertiary/aromatic N) is 2. The second-order valence-electron chi connectivity index (χ2n) is 0.818. The second-order valence-corrected chi connectivity index (χ2v) is 1.48. The van der Waals surface area contributed by atoms with Gasteiger partial charge in [0.15, 0.2) is 0 Å². The highest BCUT2D eigenvalue weighted by atomic mass is 32.2. The third-order valence-corrected chi connectivity index (χ3v) is 0.941. The number of thiol groups is 1. The highest BCUT2D eigenvalue weighted by Gasteiger charge is 1.87. The van der Waals surface area contributed by atoms with Crippen LogP contribution in [0.2, 0.25) is 0 Å². The average Bonchev–Trinajstić information content (AvgIpc) is 1.86. The molecule has 0 aromatic heterocycles. The fraction of sp³-hybridized carbons (Fsp3) is 0. The van der Waals surface area contributed by atoms with Gasteiger partial charge in [-0.15, -0.1) is 0 Å². The van der Waals surface area contributed by atoms with E-state index in [0.717, 1.165) is 11.9 Å². The maximum atomic E-state index is 5.08. The van der Waals surface area contributed by atoms with Gasteiger partial charge in [-0.2, -0.15) is 4.40 Å². The Morgan fingerprint density at radius 3 is 2.83 bits per heavy atom. The lowest BCUT2D eigenvalue weighted by atomic mass is 11.1. The molecule has 4 heteroatoms. The van der Waals surface area contributed by atoms with Gasteiger partial charge in [-0.05, 0) is 0 Å². The third-order valence-electron chi connectivity index (χ3n) is 0.402. The van der Waals surface area contributed by atoms with Gasteiger partial charge in [0.05, 0.1) is 5.55 Å². The zero-order valence-electron chi connectivity index (χ0n) is 3.00. The van der Waals surface area contributed by atoms with E-state index in [-0.39, 0.29) is 0 Å². The van der Waals surface area contributed by atoms with E-state index in [4.69, 9.17) is 5.73 Å². The summed E-state index contributed by atoms with van der Waals surface area (Å²) < 4.78 is 3.68. The van der Waals surface area contributed by atoms with Crippen molar-refractivity contribution in [2.75, 3.05) is 0 Å². The summed E-state index contributed by atoms with van der Waals surface area (Å²) >= 11 is 0.857. The molecule has 0 saturated carbocycles. The van der Waals surface area contributed by atoms with Crippen LogP contribution in [-0.2, 0) is 0 Å². The van der Waals surface area contributed by atoms with Crippen LogP contribution in [-0.4, -0.2) is 11.5 Å². The average molecular weight is 102 g/mol. The van der Waals surface area contributed by atoms with Gasteiger partial charge in [0.1, 0.15) is 0 Å². The van der Waals surface area contributed by atoms with Crippen molar-refractivity contribution < 1.29 is 0 Å². The van der Waals surface area contributed by atoms with E-state index < -0.39 is 0 Å². The SMILES string of the molecule is NC1=N[SH]C=N1. The minimum Gasteiger partial charge on any atom is -0.367 e. The van der Waals surface area contributed by atoms with Crippen molar-refractivity contribution in [3.63, 3.8) is 0 Å². The summed E-state index contributed by atoms with van der Waals surface area (Å²) in [5.74, 6) is 0.386. The summed E-state index contributed by atoms with van der Waals surface area (Å²) in [4.78, 5) is 3.63. The molecule has 1 heterocycles. The van der Waals surface area contributed by atoms with Gasteiger partial charge in [-0.25, -0.2) is 4.99 Å². The Kier molecular flexibility index (Phi) is 0.795. The van der Waals surface area contributed by atoms with Gasteiger partial charge in [0, 0.05) is 0 Å². The Labute approximate surface area is 39.5 Å². The smallest absolute Gasteiger partial charge is 0.226 e. The van der Waals surface area contributed by atoms with Crippen LogP contribution in [0.5, 0.6) is 0 Å². The molecule has 3 nitrogen and oxygen atoms in total. The Balaban J connectivity index is 2.68. The topological polar surface area (TPSA) is 50.7 Å². The van der Waals surface area contributed by atoms with E-state index >= 15 is 0 Å². The normalized spacial score (nSPS) is 18.3. The third kappa shape index (κ3) is 0.514. The molecule has 1 aliphatic rings. The van der Waals surface area contributed by atoms with E-state index in [9.17, 15) is 0 Å². The van der Waals surface area contributed by atoms with Crippen LogP contribution in [0.15, 0.2) is 9.39 Å². The van der Waals surface area contributed by atoms with Crippen molar-refractivity contribution in [3.05, 3.63) is 0 Å². The molecule has 0 amide bonds. The second kappa shape index (κ2) is 1.30. The standard InChI is InChI=1S/C2H4N3S/c3-2-4-1-6-5-2/h1,6H,(H2,3,5). The monoisotopic (exact) mass is 102 g/mol. The largest absolute Gasteiger partial charge is 0.367 e. The van der Waals surface area contributed by atoms with Crippen LogP contribution < -0.4 is 5.73 Å². The predicted molar refractivity (Wildman–Crippen MR) is 29.1 cm³/mol. The van der Waals surface area contributed by atoms with Gasteiger partial charge in [0.25, 0.3) is 0 Å². The highest BCUT2D eigenvalue weighted by molar-refractivity contribution is 8.11. The first-order valence-electron chi connectivity index (χ1n) is 1.45. The van der Waals surface area contributed by atoms with E-state index in [0.29, 0.717) is 5.96 Å². The maximum Gasteiger partial charge on any atom is 0.226 e. The van der Waals surface area contributed by atoms with Crippen molar-refractivity contribution in [2.24, 2.45) is 15.1 Å². The Morgan fingerprint density at radius 2 is 2.67 bits per heavy atom. The van der Waals surface area contributed by atoms with E-state index in [1.165, 1.54) is 0 Å². The first-order valence-corrected chi connectivity index (χ1v) is 2.37. The van der Waals surface area contributed by atoms with Gasteiger partial charge in [-0.3, -0.25) is 0 Å². The number of guanidine groups is 1. The molecule has 0 saturated heterocycles. The van der Waals surface area contributed by atoms with Crippen LogP contribution >= 0.6 is 11.9 Å².